The van der Waals surface area contributed by atoms with Crippen LogP contribution >= 0.6 is 0 Å². The fourth-order valence-corrected chi connectivity index (χ4v) is 3.68. The number of rotatable bonds is 3. The molecule has 1 fully saturated rings. The van der Waals surface area contributed by atoms with Gasteiger partial charge in [0.05, 0.1) is 17.1 Å². The molecule has 4 nitrogen and oxygen atoms in total. The topological polar surface area (TPSA) is 63.2 Å². The molecule has 20 heavy (non-hydrogen) atoms. The molecule has 1 aromatic rings. The van der Waals surface area contributed by atoms with E-state index in [9.17, 15) is 22.0 Å². The standard InChI is InChI=1S/C13H15F2NO3S/c1-8-2-3-10(14)12(13(8)15)11(17)6-9-7-20(18,19)5-4-16-9/h2-3,9,16H,4-7H2,1H3. The van der Waals surface area contributed by atoms with E-state index in [-0.39, 0.29) is 30.0 Å². The van der Waals surface area contributed by atoms with Gasteiger partial charge < -0.3 is 5.32 Å². The lowest BCUT2D eigenvalue weighted by molar-refractivity contribution is 0.0963. The summed E-state index contributed by atoms with van der Waals surface area (Å²) in [5, 5.41) is 2.88. The van der Waals surface area contributed by atoms with Crippen molar-refractivity contribution in [2.24, 2.45) is 0 Å². The van der Waals surface area contributed by atoms with Crippen LogP contribution in [-0.2, 0) is 9.84 Å². The van der Waals surface area contributed by atoms with Crippen LogP contribution in [0.2, 0.25) is 0 Å². The maximum Gasteiger partial charge on any atom is 0.170 e. The molecule has 1 saturated heterocycles. The third-order valence-corrected chi connectivity index (χ3v) is 5.03. The van der Waals surface area contributed by atoms with Crippen LogP contribution in [0.5, 0.6) is 0 Å². The second kappa shape index (κ2) is 5.57. The number of carbonyl (C=O) groups excluding carboxylic acids is 1. The molecule has 1 heterocycles. The molecule has 0 aliphatic carbocycles. The highest BCUT2D eigenvalue weighted by Crippen LogP contribution is 2.19. The molecule has 1 aliphatic rings. The van der Waals surface area contributed by atoms with E-state index < -0.39 is 38.9 Å². The summed E-state index contributed by atoms with van der Waals surface area (Å²) < 4.78 is 50.3. The number of hydrogen-bond donors (Lipinski definition) is 1. The Morgan fingerprint density at radius 1 is 1.40 bits per heavy atom. The molecule has 2 rings (SSSR count). The smallest absolute Gasteiger partial charge is 0.170 e. The fraction of sp³-hybridized carbons (Fsp3) is 0.462. The van der Waals surface area contributed by atoms with Crippen molar-refractivity contribution in [3.63, 3.8) is 0 Å². The molecular formula is C13H15F2NO3S. The van der Waals surface area contributed by atoms with Gasteiger partial charge in [0.2, 0.25) is 0 Å². The van der Waals surface area contributed by atoms with E-state index in [1.165, 1.54) is 13.0 Å². The fourth-order valence-electron chi connectivity index (χ4n) is 2.24. The Bertz CT molecular complexity index is 643. The molecule has 1 N–H and O–H groups in total. The number of benzene rings is 1. The second-order valence-electron chi connectivity index (χ2n) is 4.95. The molecule has 0 saturated carbocycles. The van der Waals surface area contributed by atoms with Gasteiger partial charge in [-0.25, -0.2) is 17.2 Å². The molecule has 1 unspecified atom stereocenters. The highest BCUT2D eigenvalue weighted by Gasteiger charge is 2.28. The summed E-state index contributed by atoms with van der Waals surface area (Å²) in [6.07, 6.45) is -0.240. The first-order valence-electron chi connectivity index (χ1n) is 6.22. The molecule has 1 atom stereocenters. The van der Waals surface area contributed by atoms with Crippen LogP contribution in [0, 0.1) is 18.6 Å². The molecule has 0 bridgehead atoms. The van der Waals surface area contributed by atoms with Gasteiger partial charge in [0, 0.05) is 19.0 Å². The molecule has 1 aromatic carbocycles. The number of Topliss-reactive ketones (excluding diaryl/α,β-unsaturated/α-hetero) is 1. The van der Waals surface area contributed by atoms with Gasteiger partial charge in [-0.15, -0.1) is 0 Å². The van der Waals surface area contributed by atoms with E-state index in [1.54, 1.807) is 0 Å². The maximum absolute atomic E-state index is 13.8. The van der Waals surface area contributed by atoms with Crippen LogP contribution in [0.15, 0.2) is 12.1 Å². The van der Waals surface area contributed by atoms with Crippen LogP contribution in [0.1, 0.15) is 22.3 Å². The first-order chi connectivity index (χ1) is 9.30. The van der Waals surface area contributed by atoms with Gasteiger partial charge in [0.1, 0.15) is 11.6 Å². The molecule has 1 aliphatic heterocycles. The van der Waals surface area contributed by atoms with E-state index in [2.05, 4.69) is 5.32 Å². The van der Waals surface area contributed by atoms with Crippen molar-refractivity contribution in [3.8, 4) is 0 Å². The molecule has 0 amide bonds. The number of sulfone groups is 1. The van der Waals surface area contributed by atoms with Crippen LogP contribution in [0.25, 0.3) is 0 Å². The van der Waals surface area contributed by atoms with Crippen molar-refractivity contribution >= 4 is 15.6 Å². The van der Waals surface area contributed by atoms with Crippen LogP contribution in [-0.4, -0.2) is 38.3 Å². The lowest BCUT2D eigenvalue weighted by Crippen LogP contribution is -2.46. The van der Waals surface area contributed by atoms with E-state index >= 15 is 0 Å². The second-order valence-corrected chi connectivity index (χ2v) is 7.17. The molecule has 0 radical (unpaired) electrons. The minimum atomic E-state index is -3.19. The van der Waals surface area contributed by atoms with Crippen molar-refractivity contribution < 1.29 is 22.0 Å². The third kappa shape index (κ3) is 3.21. The Hall–Kier alpha value is -1.34. The SMILES string of the molecule is Cc1ccc(F)c(C(=O)CC2CS(=O)(=O)CCN2)c1F. The number of aryl methyl sites for hydroxylation is 1. The summed E-state index contributed by atoms with van der Waals surface area (Å²) in [6, 6.07) is 1.70. The van der Waals surface area contributed by atoms with Crippen molar-refractivity contribution in [1.29, 1.82) is 0 Å². The first-order valence-corrected chi connectivity index (χ1v) is 8.04. The first kappa shape index (κ1) is 15.1. The summed E-state index contributed by atoms with van der Waals surface area (Å²) in [4.78, 5) is 12.0. The van der Waals surface area contributed by atoms with Gasteiger partial charge in [-0.1, -0.05) is 6.07 Å². The van der Waals surface area contributed by atoms with E-state index in [1.807, 2.05) is 0 Å². The van der Waals surface area contributed by atoms with Crippen molar-refractivity contribution in [1.82, 2.24) is 5.32 Å². The van der Waals surface area contributed by atoms with E-state index in [4.69, 9.17) is 0 Å². The molecule has 7 heteroatoms. The summed E-state index contributed by atoms with van der Waals surface area (Å²) in [5.41, 5.74) is -0.409. The summed E-state index contributed by atoms with van der Waals surface area (Å²) in [5.74, 6) is -2.69. The quantitative estimate of drug-likeness (QED) is 0.853. The lowest BCUT2D eigenvalue weighted by Gasteiger charge is -2.23. The van der Waals surface area contributed by atoms with Crippen molar-refractivity contribution in [2.75, 3.05) is 18.1 Å². The largest absolute Gasteiger partial charge is 0.312 e. The predicted octanol–water partition coefficient (Wildman–Crippen LogP) is 1.23. The number of hydrogen-bond acceptors (Lipinski definition) is 4. The predicted molar refractivity (Wildman–Crippen MR) is 70.5 cm³/mol. The third-order valence-electron chi connectivity index (χ3n) is 3.30. The zero-order valence-corrected chi connectivity index (χ0v) is 11.8. The average molecular weight is 303 g/mol. The maximum atomic E-state index is 13.8. The Morgan fingerprint density at radius 2 is 2.10 bits per heavy atom. The monoisotopic (exact) mass is 303 g/mol. The van der Waals surface area contributed by atoms with Gasteiger partial charge in [-0.2, -0.15) is 0 Å². The van der Waals surface area contributed by atoms with Gasteiger partial charge in [-0.05, 0) is 18.6 Å². The molecule has 0 spiro atoms. The summed E-state index contributed by atoms with van der Waals surface area (Å²) in [7, 11) is -3.19. The van der Waals surface area contributed by atoms with Gasteiger partial charge in [-0.3, -0.25) is 4.79 Å². The van der Waals surface area contributed by atoms with Gasteiger partial charge in [0.25, 0.3) is 0 Å². The molecular weight excluding hydrogens is 288 g/mol. The average Bonchev–Trinajstić information content (AvgIpc) is 2.33. The number of halogens is 2. The van der Waals surface area contributed by atoms with Crippen molar-refractivity contribution in [2.45, 2.75) is 19.4 Å². The molecule has 0 aromatic heterocycles. The Morgan fingerprint density at radius 3 is 2.75 bits per heavy atom. The Balaban J connectivity index is 2.19. The highest BCUT2D eigenvalue weighted by atomic mass is 32.2. The van der Waals surface area contributed by atoms with Crippen LogP contribution in [0.4, 0.5) is 8.78 Å². The lowest BCUT2D eigenvalue weighted by atomic mass is 10.0. The summed E-state index contributed by atoms with van der Waals surface area (Å²) >= 11 is 0. The zero-order valence-electron chi connectivity index (χ0n) is 10.9. The highest BCUT2D eigenvalue weighted by molar-refractivity contribution is 7.91. The molecule has 110 valence electrons. The van der Waals surface area contributed by atoms with Crippen LogP contribution < -0.4 is 5.32 Å². The Labute approximate surface area is 116 Å². The number of carbonyl (C=O) groups is 1. The number of ketones is 1. The van der Waals surface area contributed by atoms with Gasteiger partial charge in [0.15, 0.2) is 15.6 Å². The normalized spacial score (nSPS) is 21.6. The van der Waals surface area contributed by atoms with E-state index in [0.29, 0.717) is 0 Å². The Kier molecular flexibility index (Phi) is 4.19. The minimum absolute atomic E-state index is 0.0187. The van der Waals surface area contributed by atoms with Crippen LogP contribution in [0.3, 0.4) is 0 Å². The zero-order chi connectivity index (χ0) is 14.9. The van der Waals surface area contributed by atoms with Gasteiger partial charge >= 0.3 is 0 Å². The van der Waals surface area contributed by atoms with Crippen molar-refractivity contribution in [3.05, 3.63) is 34.9 Å². The minimum Gasteiger partial charge on any atom is -0.312 e. The number of nitrogens with one attached hydrogen (secondary N) is 1. The summed E-state index contributed by atoms with van der Waals surface area (Å²) in [6.45, 7) is 1.69. The van der Waals surface area contributed by atoms with E-state index in [0.717, 1.165) is 6.07 Å².